The minimum absolute atomic E-state index is 0.1000. The van der Waals surface area contributed by atoms with Crippen molar-refractivity contribution in [1.82, 2.24) is 10.6 Å². The molecule has 0 bridgehead atoms. The molecule has 8 nitrogen and oxygen atoms in total. The molecule has 0 aromatic heterocycles. The fourth-order valence-electron chi connectivity index (χ4n) is 3.53. The largest absolute Gasteiger partial charge is 0.496 e. The van der Waals surface area contributed by atoms with Crippen LogP contribution in [0.25, 0.3) is 0 Å². The zero-order chi connectivity index (χ0) is 22.9. The predicted molar refractivity (Wildman–Crippen MR) is 124 cm³/mol. The van der Waals surface area contributed by atoms with Gasteiger partial charge in [-0.2, -0.15) is 0 Å². The van der Waals surface area contributed by atoms with Crippen molar-refractivity contribution in [3.63, 3.8) is 0 Å². The van der Waals surface area contributed by atoms with Crippen molar-refractivity contribution in [2.45, 2.75) is 32.5 Å². The smallest absolute Gasteiger partial charge is 0.191 e. The van der Waals surface area contributed by atoms with Gasteiger partial charge in [0.05, 0.1) is 46.7 Å². The number of hydrogen-bond acceptors (Lipinski definition) is 6. The monoisotopic (exact) mass is 443 g/mol. The fourth-order valence-corrected chi connectivity index (χ4v) is 3.53. The van der Waals surface area contributed by atoms with Gasteiger partial charge in [0, 0.05) is 37.7 Å². The Hall–Kier alpha value is -3.13. The highest BCUT2D eigenvalue weighted by Crippen LogP contribution is 2.33. The summed E-state index contributed by atoms with van der Waals surface area (Å²) in [6, 6.07) is 9.89. The highest BCUT2D eigenvalue weighted by atomic mass is 16.5. The van der Waals surface area contributed by atoms with E-state index in [0.717, 1.165) is 35.5 Å². The Bertz CT molecular complexity index is 901. The van der Waals surface area contributed by atoms with Gasteiger partial charge < -0.3 is 34.3 Å². The molecule has 1 heterocycles. The van der Waals surface area contributed by atoms with Gasteiger partial charge in [0.2, 0.25) is 0 Å². The summed E-state index contributed by atoms with van der Waals surface area (Å²) < 4.78 is 28.0. The predicted octanol–water partition coefficient (Wildman–Crippen LogP) is 3.05. The van der Waals surface area contributed by atoms with E-state index >= 15 is 0 Å². The Kier molecular flexibility index (Phi) is 8.44. The lowest BCUT2D eigenvalue weighted by Crippen LogP contribution is -2.36. The molecule has 8 heteroatoms. The van der Waals surface area contributed by atoms with E-state index in [9.17, 15) is 0 Å². The summed E-state index contributed by atoms with van der Waals surface area (Å²) in [5.74, 6) is 3.56. The molecular formula is C24H33N3O5. The van der Waals surface area contributed by atoms with Gasteiger partial charge in [0.25, 0.3) is 0 Å². The number of hydrogen-bond donors (Lipinski definition) is 2. The van der Waals surface area contributed by atoms with Crippen LogP contribution in [-0.2, 0) is 17.8 Å². The van der Waals surface area contributed by atoms with Crippen molar-refractivity contribution >= 4 is 5.96 Å². The third-order valence-corrected chi connectivity index (χ3v) is 5.32. The van der Waals surface area contributed by atoms with Crippen LogP contribution >= 0.6 is 0 Å². The lowest BCUT2D eigenvalue weighted by atomic mass is 10.1. The van der Waals surface area contributed by atoms with Gasteiger partial charge in [0.15, 0.2) is 5.96 Å². The number of ether oxygens (including phenoxy) is 5. The molecule has 174 valence electrons. The first-order valence-electron chi connectivity index (χ1n) is 10.6. The zero-order valence-electron chi connectivity index (χ0n) is 19.5. The van der Waals surface area contributed by atoms with Crippen LogP contribution in [0.15, 0.2) is 35.3 Å². The highest BCUT2D eigenvalue weighted by Gasteiger charge is 2.19. The van der Waals surface area contributed by atoms with Gasteiger partial charge in [-0.1, -0.05) is 12.1 Å². The van der Waals surface area contributed by atoms with Crippen LogP contribution in [0.3, 0.4) is 0 Å². The van der Waals surface area contributed by atoms with Crippen LogP contribution in [0.4, 0.5) is 0 Å². The molecule has 0 saturated carbocycles. The number of benzene rings is 2. The average Bonchev–Trinajstić information content (AvgIpc) is 3.32. The maximum Gasteiger partial charge on any atom is 0.191 e. The zero-order valence-corrected chi connectivity index (χ0v) is 19.5. The maximum atomic E-state index is 6.19. The summed E-state index contributed by atoms with van der Waals surface area (Å²) >= 11 is 0. The summed E-state index contributed by atoms with van der Waals surface area (Å²) in [6.45, 7) is 4.48. The number of methoxy groups -OCH3 is 3. The molecule has 2 N–H and O–H groups in total. The maximum absolute atomic E-state index is 6.19. The minimum Gasteiger partial charge on any atom is -0.496 e. The Balaban J connectivity index is 1.66. The molecule has 1 fully saturated rings. The van der Waals surface area contributed by atoms with Crippen molar-refractivity contribution in [1.29, 1.82) is 0 Å². The van der Waals surface area contributed by atoms with Crippen LogP contribution in [-0.4, -0.2) is 53.7 Å². The van der Waals surface area contributed by atoms with Gasteiger partial charge in [-0.05, 0) is 18.6 Å². The van der Waals surface area contributed by atoms with Crippen molar-refractivity contribution in [3.8, 4) is 23.0 Å². The first-order chi connectivity index (χ1) is 15.6. The number of rotatable bonds is 9. The number of guanidine groups is 1. The molecule has 0 amide bonds. The van der Waals surface area contributed by atoms with E-state index in [2.05, 4.69) is 40.7 Å². The lowest BCUT2D eigenvalue weighted by molar-refractivity contribution is 0.140. The van der Waals surface area contributed by atoms with Crippen LogP contribution in [0, 0.1) is 6.92 Å². The molecule has 1 saturated heterocycles. The number of nitrogens with one attached hydrogen (secondary N) is 2. The van der Waals surface area contributed by atoms with Crippen LogP contribution in [0.5, 0.6) is 23.0 Å². The Morgan fingerprint density at radius 1 is 1.00 bits per heavy atom. The first kappa shape index (κ1) is 23.5. The number of aliphatic imine (C=N–C) groups is 1. The minimum atomic E-state index is 0.1000. The Morgan fingerprint density at radius 3 is 2.31 bits per heavy atom. The molecule has 2 aromatic rings. The van der Waals surface area contributed by atoms with Crippen molar-refractivity contribution in [2.24, 2.45) is 4.99 Å². The van der Waals surface area contributed by atoms with E-state index in [1.165, 1.54) is 0 Å². The fraction of sp³-hybridized carbons (Fsp3) is 0.458. The number of aryl methyl sites for hydroxylation is 1. The molecule has 0 radical (unpaired) electrons. The molecule has 0 spiro atoms. The second-order valence-electron chi connectivity index (χ2n) is 7.50. The second kappa shape index (κ2) is 11.5. The summed E-state index contributed by atoms with van der Waals surface area (Å²) in [6.07, 6.45) is 1.01. The topological polar surface area (TPSA) is 82.6 Å². The van der Waals surface area contributed by atoms with E-state index in [1.54, 1.807) is 28.4 Å². The molecule has 1 aliphatic heterocycles. The molecule has 32 heavy (non-hydrogen) atoms. The van der Waals surface area contributed by atoms with Gasteiger partial charge in [-0.3, -0.25) is 4.99 Å². The quantitative estimate of drug-likeness (QED) is 0.455. The van der Waals surface area contributed by atoms with E-state index in [1.807, 2.05) is 12.1 Å². The lowest BCUT2D eigenvalue weighted by Gasteiger charge is -2.19. The molecule has 0 aliphatic carbocycles. The van der Waals surface area contributed by atoms with E-state index < -0.39 is 0 Å². The first-order valence-corrected chi connectivity index (χ1v) is 10.6. The van der Waals surface area contributed by atoms with E-state index in [4.69, 9.17) is 23.7 Å². The van der Waals surface area contributed by atoms with Crippen molar-refractivity contribution in [2.75, 3.05) is 41.6 Å². The molecule has 3 rings (SSSR count). The summed E-state index contributed by atoms with van der Waals surface area (Å²) in [5, 5.41) is 6.68. The third-order valence-electron chi connectivity index (χ3n) is 5.32. The van der Waals surface area contributed by atoms with Crippen LogP contribution in [0.2, 0.25) is 0 Å². The average molecular weight is 444 g/mol. The number of nitrogens with zero attached hydrogens (tertiary/aromatic N) is 1. The Morgan fingerprint density at radius 2 is 1.72 bits per heavy atom. The highest BCUT2D eigenvalue weighted by molar-refractivity contribution is 5.79. The third kappa shape index (κ3) is 5.97. The Labute approximate surface area is 189 Å². The van der Waals surface area contributed by atoms with Gasteiger partial charge in [-0.25, -0.2) is 0 Å². The normalized spacial score (nSPS) is 15.9. The van der Waals surface area contributed by atoms with Gasteiger partial charge in [0.1, 0.15) is 29.1 Å². The van der Waals surface area contributed by atoms with Crippen molar-refractivity contribution in [3.05, 3.63) is 47.0 Å². The second-order valence-corrected chi connectivity index (χ2v) is 7.50. The summed E-state index contributed by atoms with van der Waals surface area (Å²) in [5.41, 5.74) is 3.09. The molecular weight excluding hydrogens is 410 g/mol. The van der Waals surface area contributed by atoms with E-state index in [-0.39, 0.29) is 6.10 Å². The van der Waals surface area contributed by atoms with Crippen LogP contribution < -0.4 is 29.6 Å². The summed E-state index contributed by atoms with van der Waals surface area (Å²) in [4.78, 5) is 4.34. The standard InChI is InChI=1S/C24H33N3O5/c1-16-6-7-17(21(10-16)32-18-8-9-31-15-18)13-26-24(25-2)27-14-20-22(29-4)11-19(28-3)12-23(20)30-5/h6-7,10-12,18H,8-9,13-15H2,1-5H3,(H2,25,26,27). The van der Waals surface area contributed by atoms with Gasteiger partial charge >= 0.3 is 0 Å². The van der Waals surface area contributed by atoms with Crippen molar-refractivity contribution < 1.29 is 23.7 Å². The molecule has 1 aliphatic rings. The molecule has 1 unspecified atom stereocenters. The van der Waals surface area contributed by atoms with E-state index in [0.29, 0.717) is 42.9 Å². The van der Waals surface area contributed by atoms with Crippen LogP contribution in [0.1, 0.15) is 23.1 Å². The molecule has 1 atom stereocenters. The van der Waals surface area contributed by atoms with Gasteiger partial charge in [-0.15, -0.1) is 0 Å². The summed E-state index contributed by atoms with van der Waals surface area (Å²) in [7, 11) is 6.60. The SMILES string of the molecule is CN=C(NCc1ccc(C)cc1OC1CCOC1)NCc1c(OC)cc(OC)cc1OC. The molecule has 2 aromatic carbocycles.